The molecule has 360 valence electrons. The minimum absolute atomic E-state index is 0.0773. The van der Waals surface area contributed by atoms with E-state index in [2.05, 4.69) is 0 Å². The van der Waals surface area contributed by atoms with Gasteiger partial charge in [0, 0.05) is 65.1 Å². The SMILES string of the molecule is CC(=O)O[C@@]12[C@H](O)[C@@H](C)[C@@]3(O)[C@H]([C@@H]1C2(C)C)[C@@H]1O[C@@]12COC(C)(C)O[C@H]2[C@]1(O)C(=O)C(C)=C[C@H]13.CC1=C[C@@H]2[C@@](O)(C1=O)[C@@H]1OC(C)(C)OC[C@@]13O[C@H]3[C@H]1[C@@H]3C(C)(C)[C@]3(O)[C@H](O)[C@@H](C)[C@@]12O. The molecule has 17 heteroatoms. The van der Waals surface area contributed by atoms with E-state index in [1.165, 1.54) is 6.92 Å². The van der Waals surface area contributed by atoms with E-state index in [1.54, 1.807) is 67.5 Å². The summed E-state index contributed by atoms with van der Waals surface area (Å²) in [6, 6.07) is 0. The molecule has 4 saturated heterocycles. The van der Waals surface area contributed by atoms with Crippen LogP contribution in [-0.4, -0.2) is 160 Å². The highest BCUT2D eigenvalue weighted by molar-refractivity contribution is 6.06. The molecule has 65 heavy (non-hydrogen) atoms. The minimum atomic E-state index is -2.10. The first kappa shape index (κ1) is 45.2. The van der Waals surface area contributed by atoms with Crippen LogP contribution in [0.15, 0.2) is 23.3 Å². The third-order valence-electron chi connectivity index (χ3n) is 20.0. The highest BCUT2D eigenvalue weighted by atomic mass is 16.8. The third-order valence-corrected chi connectivity index (χ3v) is 20.0. The van der Waals surface area contributed by atoms with Crippen molar-refractivity contribution >= 4 is 17.5 Å². The third kappa shape index (κ3) is 4.61. The van der Waals surface area contributed by atoms with Crippen LogP contribution < -0.4 is 0 Å². The predicted octanol–water partition coefficient (Wildman–Crippen LogP) is 0.392. The number of carbonyl (C=O) groups excluding carboxylic acids is 3. The van der Waals surface area contributed by atoms with Crippen LogP contribution in [0.1, 0.15) is 90.0 Å². The van der Waals surface area contributed by atoms with Crippen LogP contribution in [0.3, 0.4) is 0 Å². The molecule has 8 aliphatic carbocycles. The van der Waals surface area contributed by atoms with Crippen LogP contribution in [0.4, 0.5) is 0 Å². The molecule has 6 saturated carbocycles. The summed E-state index contributed by atoms with van der Waals surface area (Å²) < 4.78 is 42.6. The first-order valence-electron chi connectivity index (χ1n) is 23.3. The summed E-state index contributed by atoms with van der Waals surface area (Å²) in [7, 11) is 0. The van der Waals surface area contributed by atoms with Gasteiger partial charge in [-0.25, -0.2) is 0 Å². The lowest BCUT2D eigenvalue weighted by atomic mass is 9.58. The van der Waals surface area contributed by atoms with Crippen molar-refractivity contribution < 1.29 is 83.3 Å². The molecule has 0 aromatic heterocycles. The zero-order valence-corrected chi connectivity index (χ0v) is 39.4. The fourth-order valence-electron chi connectivity index (χ4n) is 16.5. The van der Waals surface area contributed by atoms with Crippen molar-refractivity contribution in [3.05, 3.63) is 23.3 Å². The van der Waals surface area contributed by atoms with Crippen molar-refractivity contribution in [3.8, 4) is 0 Å². The molecule has 17 nitrogen and oxygen atoms in total. The summed E-state index contributed by atoms with van der Waals surface area (Å²) in [5, 5.41) is 83.5. The van der Waals surface area contributed by atoms with Gasteiger partial charge in [-0.05, 0) is 52.7 Å². The van der Waals surface area contributed by atoms with E-state index in [9.17, 15) is 50.1 Å². The van der Waals surface area contributed by atoms with E-state index in [-0.39, 0.29) is 13.2 Å². The molecular formula is C48H66O17. The summed E-state index contributed by atoms with van der Waals surface area (Å²) in [6.45, 7) is 22.5. The Morgan fingerprint density at radius 3 is 1.45 bits per heavy atom. The van der Waals surface area contributed by atoms with Crippen LogP contribution in [0.5, 0.6) is 0 Å². The van der Waals surface area contributed by atoms with Gasteiger partial charge in [0.1, 0.15) is 34.6 Å². The molecule has 4 aliphatic heterocycles. The highest BCUT2D eigenvalue weighted by Crippen LogP contribution is 2.81. The Kier molecular flexibility index (Phi) is 8.36. The van der Waals surface area contributed by atoms with Gasteiger partial charge >= 0.3 is 5.97 Å². The Morgan fingerprint density at radius 1 is 0.631 bits per heavy atom. The fraction of sp³-hybridized carbons (Fsp3) is 0.854. The van der Waals surface area contributed by atoms with Crippen molar-refractivity contribution in [1.82, 2.24) is 0 Å². The lowest BCUT2D eigenvalue weighted by Crippen LogP contribution is -2.70. The maximum Gasteiger partial charge on any atom is 0.303 e. The Hall–Kier alpha value is -2.23. The second-order valence-corrected chi connectivity index (χ2v) is 24.2. The number of carbonyl (C=O) groups is 3. The summed E-state index contributed by atoms with van der Waals surface area (Å²) in [5.41, 5.74) is -13.1. The van der Waals surface area contributed by atoms with Gasteiger partial charge in [0.2, 0.25) is 0 Å². The lowest BCUT2D eigenvalue weighted by molar-refractivity contribution is -0.329. The number of rotatable bonds is 1. The first-order chi connectivity index (χ1) is 29.6. The molecule has 0 aromatic rings. The summed E-state index contributed by atoms with van der Waals surface area (Å²) in [5.74, 6) is -9.57. The van der Waals surface area contributed by atoms with Crippen LogP contribution in [0.25, 0.3) is 0 Å². The fourth-order valence-corrected chi connectivity index (χ4v) is 16.5. The predicted molar refractivity (Wildman–Crippen MR) is 221 cm³/mol. The zero-order chi connectivity index (χ0) is 47.7. The van der Waals surface area contributed by atoms with Crippen molar-refractivity contribution in [2.75, 3.05) is 13.2 Å². The van der Waals surface area contributed by atoms with Crippen LogP contribution >= 0.6 is 0 Å². The minimum Gasteiger partial charge on any atom is -0.456 e. The molecule has 22 atom stereocenters. The van der Waals surface area contributed by atoms with E-state index in [1.807, 2.05) is 27.7 Å². The molecule has 12 aliphatic rings. The average Bonchev–Trinajstić information content (AvgIpc) is 4.18. The number of aliphatic hydroxyl groups excluding tert-OH is 2. The molecule has 10 fully saturated rings. The van der Waals surface area contributed by atoms with E-state index in [0.717, 1.165) is 0 Å². The van der Waals surface area contributed by atoms with Gasteiger partial charge in [-0.3, -0.25) is 14.4 Å². The molecule has 0 amide bonds. The molecule has 4 heterocycles. The van der Waals surface area contributed by atoms with Crippen LogP contribution in [0.2, 0.25) is 0 Å². The van der Waals surface area contributed by atoms with Gasteiger partial charge in [0.25, 0.3) is 0 Å². The van der Waals surface area contributed by atoms with Crippen molar-refractivity contribution in [2.24, 2.45) is 58.2 Å². The van der Waals surface area contributed by atoms with Crippen molar-refractivity contribution in [3.63, 3.8) is 0 Å². The van der Waals surface area contributed by atoms with Gasteiger partial charge in [-0.15, -0.1) is 0 Å². The topological polar surface area (TPSA) is 264 Å². The Bertz CT molecular complexity index is 2300. The molecule has 12 rings (SSSR count). The van der Waals surface area contributed by atoms with Crippen LogP contribution in [0, 0.1) is 58.2 Å². The maximum absolute atomic E-state index is 13.5. The molecular weight excluding hydrogens is 849 g/mol. The zero-order valence-electron chi connectivity index (χ0n) is 39.4. The Morgan fingerprint density at radius 2 is 1.03 bits per heavy atom. The van der Waals surface area contributed by atoms with Crippen molar-refractivity contribution in [2.45, 2.75) is 183 Å². The lowest BCUT2D eigenvalue weighted by Gasteiger charge is -2.53. The van der Waals surface area contributed by atoms with Gasteiger partial charge < -0.3 is 68.9 Å². The molecule has 0 aromatic carbocycles. The first-order valence-corrected chi connectivity index (χ1v) is 23.3. The smallest absolute Gasteiger partial charge is 0.303 e. The normalized spacial score (nSPS) is 59.9. The number of esters is 1. The number of ether oxygens (including phenoxy) is 7. The number of aliphatic hydroxyl groups is 7. The van der Waals surface area contributed by atoms with E-state index < -0.39 is 169 Å². The van der Waals surface area contributed by atoms with Gasteiger partial charge in [-0.2, -0.15) is 0 Å². The van der Waals surface area contributed by atoms with Crippen molar-refractivity contribution in [1.29, 1.82) is 0 Å². The average molecular weight is 915 g/mol. The number of epoxide rings is 2. The molecule has 0 unspecified atom stereocenters. The quantitative estimate of drug-likeness (QED) is 0.139. The monoisotopic (exact) mass is 914 g/mol. The standard InChI is InChI=1S/C25H34O9.C23H32O8/c1-10-8-13-23(29)11(2)17(28)25(32-12(3)26)15(20(25,4)5)14(23)18-22(33-18)9-31-21(6,7)34-19(22)24(13,30)16(10)27;1-9-7-11-21(26)10(2)15(25)23(28)13(18(23,3)4)12(21)16-20(30-16)8-29-19(5,6)31-17(20)22(11,27)14(9)24/h8,11,13-15,17-19,28-30H,9H2,1-7H3;7,10-13,15-17,25-28H,8H2,1-6H3/t11-,13+,14-,15-,17-,18+,19-,22+,23+,24-,25-;10-,11+,12-,13-,15-,16+,17-,20+,21+,22-,23-/m11/s1. The largest absolute Gasteiger partial charge is 0.456 e. The number of ketones is 2. The number of hydrogen-bond donors (Lipinski definition) is 7. The number of hydrogen-bond acceptors (Lipinski definition) is 17. The van der Waals surface area contributed by atoms with E-state index in [4.69, 9.17) is 33.2 Å². The van der Waals surface area contributed by atoms with Gasteiger partial charge in [0.05, 0.1) is 48.8 Å². The molecule has 0 radical (unpaired) electrons. The number of fused-ring (bicyclic) bond motifs is 14. The second-order valence-electron chi connectivity index (χ2n) is 24.2. The molecule has 2 spiro atoms. The summed E-state index contributed by atoms with van der Waals surface area (Å²) in [4.78, 5) is 39.1. The van der Waals surface area contributed by atoms with Gasteiger partial charge in [0.15, 0.2) is 34.3 Å². The summed E-state index contributed by atoms with van der Waals surface area (Å²) >= 11 is 0. The Labute approximate surface area is 377 Å². The highest BCUT2D eigenvalue weighted by Gasteiger charge is 2.94. The summed E-state index contributed by atoms with van der Waals surface area (Å²) in [6.07, 6.45) is -2.51. The van der Waals surface area contributed by atoms with E-state index >= 15 is 0 Å². The molecule has 7 N–H and O–H groups in total. The van der Waals surface area contributed by atoms with E-state index in [0.29, 0.717) is 11.1 Å². The number of Topliss-reactive ketones (excluding diaryl/α,β-unsaturated/α-hetero) is 2. The van der Waals surface area contributed by atoms with Crippen LogP contribution in [-0.2, 0) is 47.5 Å². The maximum atomic E-state index is 13.5. The molecule has 0 bridgehead atoms. The second kappa shape index (κ2) is 12.0. The Balaban J connectivity index is 0.000000145. The van der Waals surface area contributed by atoms with Gasteiger partial charge in [-0.1, -0.05) is 53.7 Å².